The van der Waals surface area contributed by atoms with Crippen LogP contribution in [0.25, 0.3) is 0 Å². The summed E-state index contributed by atoms with van der Waals surface area (Å²) in [7, 11) is 4.17. The molecule has 0 bridgehead atoms. The number of carbonyl (C=O) groups excluding carboxylic acids is 1. The van der Waals surface area contributed by atoms with E-state index in [1.807, 2.05) is 10.3 Å². The van der Waals surface area contributed by atoms with Crippen LogP contribution in [0, 0.1) is 6.92 Å². The summed E-state index contributed by atoms with van der Waals surface area (Å²) >= 11 is 1.58. The standard InChI is InChI=1S/C19H25N3OS/c1-14-6-8-15(9-7-14)11-18-20-17(13-24-18)19(23)22-10-4-5-16(12-22)21(2)3/h6-9,13,16H,4-5,10-12H2,1-3H3. The predicted molar refractivity (Wildman–Crippen MR) is 98.7 cm³/mol. The van der Waals surface area contributed by atoms with Crippen molar-refractivity contribution in [2.75, 3.05) is 27.2 Å². The first kappa shape index (κ1) is 17.1. The van der Waals surface area contributed by atoms with Crippen molar-refractivity contribution in [1.82, 2.24) is 14.8 Å². The van der Waals surface area contributed by atoms with Crippen LogP contribution in [-0.2, 0) is 6.42 Å². The van der Waals surface area contributed by atoms with Gasteiger partial charge in [0.1, 0.15) is 5.69 Å². The maximum Gasteiger partial charge on any atom is 0.273 e. The second-order valence-corrected chi connectivity index (χ2v) is 7.74. The monoisotopic (exact) mass is 343 g/mol. The van der Waals surface area contributed by atoms with Gasteiger partial charge >= 0.3 is 0 Å². The first-order chi connectivity index (χ1) is 11.5. The lowest BCUT2D eigenvalue weighted by Crippen LogP contribution is -2.47. The Balaban J connectivity index is 1.66. The molecule has 2 aromatic rings. The van der Waals surface area contributed by atoms with E-state index in [2.05, 4.69) is 55.2 Å². The molecule has 0 radical (unpaired) electrons. The Morgan fingerprint density at radius 1 is 1.33 bits per heavy atom. The number of piperidine rings is 1. The van der Waals surface area contributed by atoms with Gasteiger partial charge in [-0.2, -0.15) is 0 Å². The molecule has 1 unspecified atom stereocenters. The van der Waals surface area contributed by atoms with Crippen LogP contribution in [0.3, 0.4) is 0 Å². The lowest BCUT2D eigenvalue weighted by molar-refractivity contribution is 0.0630. The van der Waals surface area contributed by atoms with Crippen molar-refractivity contribution in [3.8, 4) is 0 Å². The first-order valence-corrected chi connectivity index (χ1v) is 9.36. The lowest BCUT2D eigenvalue weighted by Gasteiger charge is -2.35. The number of aryl methyl sites for hydroxylation is 1. The third-order valence-electron chi connectivity index (χ3n) is 4.66. The molecule has 1 fully saturated rings. The van der Waals surface area contributed by atoms with Crippen LogP contribution in [-0.4, -0.2) is 53.9 Å². The molecule has 0 saturated carbocycles. The number of likely N-dealkylation sites (N-methyl/N-ethyl adjacent to an activating group) is 1. The van der Waals surface area contributed by atoms with Crippen LogP contribution in [0.15, 0.2) is 29.6 Å². The topological polar surface area (TPSA) is 36.4 Å². The predicted octanol–water partition coefficient (Wildman–Crippen LogP) is 3.21. The molecule has 24 heavy (non-hydrogen) atoms. The number of nitrogens with zero attached hydrogens (tertiary/aromatic N) is 3. The zero-order chi connectivity index (χ0) is 17.1. The lowest BCUT2D eigenvalue weighted by atomic mass is 10.0. The molecule has 0 spiro atoms. The average molecular weight is 343 g/mol. The molecule has 1 saturated heterocycles. The molecule has 2 heterocycles. The van der Waals surface area contributed by atoms with Gasteiger partial charge in [0.25, 0.3) is 5.91 Å². The van der Waals surface area contributed by atoms with Gasteiger partial charge in [0, 0.05) is 30.9 Å². The molecular weight excluding hydrogens is 318 g/mol. The molecule has 1 aliphatic heterocycles. The fourth-order valence-electron chi connectivity index (χ4n) is 3.09. The van der Waals surface area contributed by atoms with Crippen LogP contribution in [0.4, 0.5) is 0 Å². The Bertz CT molecular complexity index is 693. The summed E-state index contributed by atoms with van der Waals surface area (Å²) in [4.78, 5) is 21.5. The van der Waals surface area contributed by atoms with Gasteiger partial charge in [0.05, 0.1) is 5.01 Å². The van der Waals surface area contributed by atoms with Crippen molar-refractivity contribution in [2.24, 2.45) is 0 Å². The van der Waals surface area contributed by atoms with Crippen molar-refractivity contribution < 1.29 is 4.79 Å². The van der Waals surface area contributed by atoms with Gasteiger partial charge in [0.15, 0.2) is 0 Å². The summed E-state index contributed by atoms with van der Waals surface area (Å²) in [5, 5.41) is 2.91. The number of thiazole rings is 1. The summed E-state index contributed by atoms with van der Waals surface area (Å²) in [6, 6.07) is 8.94. The number of aromatic nitrogens is 1. The fourth-order valence-corrected chi connectivity index (χ4v) is 3.90. The number of amides is 1. The molecule has 1 aliphatic rings. The minimum Gasteiger partial charge on any atom is -0.336 e. The Labute approximate surface area is 148 Å². The Hall–Kier alpha value is -1.72. The van der Waals surface area contributed by atoms with Crippen LogP contribution in [0.5, 0.6) is 0 Å². The summed E-state index contributed by atoms with van der Waals surface area (Å²) in [6.45, 7) is 3.73. The third-order valence-corrected chi connectivity index (χ3v) is 5.51. The maximum atomic E-state index is 12.7. The summed E-state index contributed by atoms with van der Waals surface area (Å²) in [5.41, 5.74) is 3.09. The molecule has 128 valence electrons. The van der Waals surface area contributed by atoms with E-state index in [1.165, 1.54) is 11.1 Å². The third kappa shape index (κ3) is 4.02. The van der Waals surface area contributed by atoms with Crippen molar-refractivity contribution in [1.29, 1.82) is 0 Å². The fraction of sp³-hybridized carbons (Fsp3) is 0.474. The minimum atomic E-state index is 0.0768. The van der Waals surface area contributed by atoms with Gasteiger partial charge in [0.2, 0.25) is 0 Å². The van der Waals surface area contributed by atoms with Gasteiger partial charge < -0.3 is 9.80 Å². The first-order valence-electron chi connectivity index (χ1n) is 8.48. The zero-order valence-electron chi connectivity index (χ0n) is 14.7. The molecule has 0 N–H and O–H groups in total. The smallest absolute Gasteiger partial charge is 0.273 e. The van der Waals surface area contributed by atoms with Gasteiger partial charge in [-0.05, 0) is 39.4 Å². The van der Waals surface area contributed by atoms with Gasteiger partial charge in [-0.15, -0.1) is 11.3 Å². The Morgan fingerprint density at radius 2 is 2.08 bits per heavy atom. The van der Waals surface area contributed by atoms with E-state index in [0.29, 0.717) is 11.7 Å². The van der Waals surface area contributed by atoms with E-state index in [4.69, 9.17) is 0 Å². The highest BCUT2D eigenvalue weighted by Gasteiger charge is 2.26. The average Bonchev–Trinajstić information content (AvgIpc) is 3.05. The van der Waals surface area contributed by atoms with E-state index in [-0.39, 0.29) is 5.91 Å². The zero-order valence-corrected chi connectivity index (χ0v) is 15.5. The highest BCUT2D eigenvalue weighted by atomic mass is 32.1. The highest BCUT2D eigenvalue weighted by molar-refractivity contribution is 7.09. The second kappa shape index (κ2) is 7.45. The minimum absolute atomic E-state index is 0.0768. The summed E-state index contributed by atoms with van der Waals surface area (Å²) in [5.74, 6) is 0.0768. The molecule has 1 aromatic carbocycles. The normalized spacial score (nSPS) is 18.2. The molecule has 1 amide bonds. The molecular formula is C19H25N3OS. The van der Waals surface area contributed by atoms with Crippen molar-refractivity contribution in [3.63, 3.8) is 0 Å². The van der Waals surface area contributed by atoms with Gasteiger partial charge in [-0.3, -0.25) is 4.79 Å². The van der Waals surface area contributed by atoms with E-state index in [1.54, 1.807) is 11.3 Å². The number of rotatable bonds is 4. The second-order valence-electron chi connectivity index (χ2n) is 6.80. The van der Waals surface area contributed by atoms with Gasteiger partial charge in [-0.25, -0.2) is 4.98 Å². The molecule has 1 aromatic heterocycles. The quantitative estimate of drug-likeness (QED) is 0.855. The summed E-state index contributed by atoms with van der Waals surface area (Å²) < 4.78 is 0. The SMILES string of the molecule is Cc1ccc(Cc2nc(C(=O)N3CCCC(N(C)C)C3)cs2)cc1. The van der Waals surface area contributed by atoms with E-state index >= 15 is 0 Å². The van der Waals surface area contributed by atoms with E-state index in [0.717, 1.165) is 37.4 Å². The van der Waals surface area contributed by atoms with Crippen molar-refractivity contribution >= 4 is 17.2 Å². The van der Waals surface area contributed by atoms with Crippen LogP contribution >= 0.6 is 11.3 Å². The molecule has 5 heteroatoms. The summed E-state index contributed by atoms with van der Waals surface area (Å²) in [6.07, 6.45) is 3.01. The largest absolute Gasteiger partial charge is 0.336 e. The molecule has 3 rings (SSSR count). The highest BCUT2D eigenvalue weighted by Crippen LogP contribution is 2.19. The molecule has 4 nitrogen and oxygen atoms in total. The van der Waals surface area contributed by atoms with Crippen molar-refractivity contribution in [2.45, 2.75) is 32.2 Å². The van der Waals surface area contributed by atoms with Gasteiger partial charge in [-0.1, -0.05) is 29.8 Å². The van der Waals surface area contributed by atoms with Crippen LogP contribution in [0.2, 0.25) is 0 Å². The van der Waals surface area contributed by atoms with E-state index < -0.39 is 0 Å². The number of hydrogen-bond acceptors (Lipinski definition) is 4. The Kier molecular flexibility index (Phi) is 5.31. The Morgan fingerprint density at radius 3 is 2.79 bits per heavy atom. The number of carbonyl (C=O) groups is 1. The van der Waals surface area contributed by atoms with Crippen molar-refractivity contribution in [3.05, 3.63) is 51.5 Å². The molecule has 1 atom stereocenters. The maximum absolute atomic E-state index is 12.7. The number of likely N-dealkylation sites (tertiary alicyclic amines) is 1. The van der Waals surface area contributed by atoms with Crippen LogP contribution in [0.1, 0.15) is 39.5 Å². The number of benzene rings is 1. The number of hydrogen-bond donors (Lipinski definition) is 0. The molecule has 0 aliphatic carbocycles. The van der Waals surface area contributed by atoms with Crippen LogP contribution < -0.4 is 0 Å². The van der Waals surface area contributed by atoms with E-state index in [9.17, 15) is 4.79 Å².